The van der Waals surface area contributed by atoms with Crippen molar-refractivity contribution in [1.82, 2.24) is 0 Å². The van der Waals surface area contributed by atoms with Gasteiger partial charge in [0.2, 0.25) is 0 Å². The van der Waals surface area contributed by atoms with Crippen molar-refractivity contribution in [1.29, 1.82) is 0 Å². The quantitative estimate of drug-likeness (QED) is 0.387. The van der Waals surface area contributed by atoms with Gasteiger partial charge in [-0.1, -0.05) is 61.5 Å². The van der Waals surface area contributed by atoms with Gasteiger partial charge in [-0.2, -0.15) is 0 Å². The largest absolute Gasteiger partial charge is 0.465 e. The van der Waals surface area contributed by atoms with E-state index in [0.717, 1.165) is 17.5 Å². The first-order valence-corrected chi connectivity index (χ1v) is 10.4. The zero-order valence-electron chi connectivity index (χ0n) is 17.9. The van der Waals surface area contributed by atoms with Gasteiger partial charge >= 0.3 is 11.9 Å². The molecule has 0 N–H and O–H groups in total. The van der Waals surface area contributed by atoms with Crippen LogP contribution in [0.1, 0.15) is 55.1 Å². The summed E-state index contributed by atoms with van der Waals surface area (Å²) in [7, 11) is 0. The van der Waals surface area contributed by atoms with Gasteiger partial charge < -0.3 is 9.47 Å². The summed E-state index contributed by atoms with van der Waals surface area (Å²) in [6, 6.07) is 16.7. The normalized spacial score (nSPS) is 21.0. The van der Waals surface area contributed by atoms with Crippen molar-refractivity contribution >= 4 is 17.7 Å². The predicted molar refractivity (Wildman–Crippen MR) is 113 cm³/mol. The van der Waals surface area contributed by atoms with Gasteiger partial charge in [0.05, 0.1) is 12.5 Å². The lowest BCUT2D eigenvalue weighted by molar-refractivity contribution is -0.157. The third kappa shape index (κ3) is 4.16. The molecule has 158 valence electrons. The van der Waals surface area contributed by atoms with E-state index in [1.807, 2.05) is 42.5 Å². The Hall–Kier alpha value is -2.95. The van der Waals surface area contributed by atoms with Gasteiger partial charge in [-0.25, -0.2) is 0 Å². The summed E-state index contributed by atoms with van der Waals surface area (Å²) < 4.78 is 10.7. The van der Waals surface area contributed by atoms with Gasteiger partial charge in [-0.05, 0) is 38.3 Å². The number of cyclic esters (lactones) is 1. The molecule has 0 spiro atoms. The van der Waals surface area contributed by atoms with Crippen molar-refractivity contribution in [2.45, 2.75) is 45.6 Å². The van der Waals surface area contributed by atoms with E-state index in [2.05, 4.69) is 6.92 Å². The van der Waals surface area contributed by atoms with Crippen LogP contribution in [0.2, 0.25) is 0 Å². The lowest BCUT2D eigenvalue weighted by Crippen LogP contribution is -2.41. The van der Waals surface area contributed by atoms with E-state index in [1.165, 1.54) is 0 Å². The Kier molecular flexibility index (Phi) is 6.40. The van der Waals surface area contributed by atoms with Crippen LogP contribution in [0, 0.1) is 11.8 Å². The SMILES string of the molecule is CCOC(=O)C1C(=O)OC(C)(C)C1C(C(=O)c1ccc(CC)cc1)c1ccccc1. The summed E-state index contributed by atoms with van der Waals surface area (Å²) >= 11 is 0. The highest BCUT2D eigenvalue weighted by molar-refractivity contribution is 6.04. The molecule has 1 saturated heterocycles. The number of Topliss-reactive ketones (excluding diaryl/α,β-unsaturated/α-hetero) is 1. The van der Waals surface area contributed by atoms with E-state index in [0.29, 0.717) is 5.56 Å². The summed E-state index contributed by atoms with van der Waals surface area (Å²) in [4.78, 5) is 39.1. The summed E-state index contributed by atoms with van der Waals surface area (Å²) in [6.07, 6.45) is 0.875. The van der Waals surface area contributed by atoms with E-state index >= 15 is 0 Å². The molecule has 2 aromatic carbocycles. The molecule has 3 rings (SSSR count). The minimum absolute atomic E-state index is 0.144. The number of rotatable bonds is 7. The maximum atomic E-state index is 13.7. The Morgan fingerprint density at radius 2 is 1.67 bits per heavy atom. The van der Waals surface area contributed by atoms with Gasteiger partial charge in [0, 0.05) is 11.5 Å². The Bertz CT molecular complexity index is 914. The second-order valence-corrected chi connectivity index (χ2v) is 8.08. The fourth-order valence-corrected chi connectivity index (χ4v) is 4.27. The standard InChI is InChI=1S/C25H28O5/c1-5-16-12-14-18(15-13-16)22(26)19(17-10-8-7-9-11-17)21-20(23(27)29-6-2)24(28)30-25(21,3)4/h7-15,19-21H,5-6H2,1-4H3. The average molecular weight is 408 g/mol. The molecule has 1 heterocycles. The van der Waals surface area contributed by atoms with Gasteiger partial charge in [0.25, 0.3) is 0 Å². The fraction of sp³-hybridized carbons (Fsp3) is 0.400. The zero-order chi connectivity index (χ0) is 21.9. The highest BCUT2D eigenvalue weighted by atomic mass is 16.6. The van der Waals surface area contributed by atoms with E-state index < -0.39 is 35.3 Å². The second kappa shape index (κ2) is 8.82. The topological polar surface area (TPSA) is 69.7 Å². The van der Waals surface area contributed by atoms with E-state index in [-0.39, 0.29) is 12.4 Å². The molecule has 30 heavy (non-hydrogen) atoms. The monoisotopic (exact) mass is 408 g/mol. The molecule has 1 fully saturated rings. The first kappa shape index (κ1) is 21.8. The molecular formula is C25H28O5. The van der Waals surface area contributed by atoms with Gasteiger partial charge in [-0.3, -0.25) is 14.4 Å². The predicted octanol–water partition coefficient (Wildman–Crippen LogP) is 4.35. The molecule has 3 atom stereocenters. The fourth-order valence-electron chi connectivity index (χ4n) is 4.27. The lowest BCUT2D eigenvalue weighted by Gasteiger charge is -2.33. The molecule has 0 amide bonds. The molecule has 0 aromatic heterocycles. The van der Waals surface area contributed by atoms with Crippen LogP contribution >= 0.6 is 0 Å². The molecule has 0 radical (unpaired) electrons. The summed E-state index contributed by atoms with van der Waals surface area (Å²) in [5.41, 5.74) is 1.41. The number of aryl methyl sites for hydroxylation is 1. The van der Waals surface area contributed by atoms with Crippen LogP contribution in [-0.2, 0) is 25.5 Å². The molecular weight excluding hydrogens is 380 g/mol. The van der Waals surface area contributed by atoms with E-state index in [9.17, 15) is 14.4 Å². The van der Waals surface area contributed by atoms with Crippen LogP contribution < -0.4 is 0 Å². The lowest BCUT2D eigenvalue weighted by atomic mass is 9.69. The van der Waals surface area contributed by atoms with E-state index in [1.54, 1.807) is 32.9 Å². The molecule has 0 bridgehead atoms. The third-order valence-corrected chi connectivity index (χ3v) is 5.77. The molecule has 3 unspecified atom stereocenters. The summed E-state index contributed by atoms with van der Waals surface area (Å²) in [6.45, 7) is 7.39. The maximum absolute atomic E-state index is 13.7. The Labute approximate surface area is 177 Å². The van der Waals surface area contributed by atoms with Gasteiger partial charge in [0.15, 0.2) is 11.7 Å². The van der Waals surface area contributed by atoms with Crippen LogP contribution in [0.25, 0.3) is 0 Å². The summed E-state index contributed by atoms with van der Waals surface area (Å²) in [5.74, 6) is -4.00. The minimum Gasteiger partial charge on any atom is -0.465 e. The molecule has 1 aliphatic heterocycles. The van der Waals surface area contributed by atoms with Gasteiger partial charge in [-0.15, -0.1) is 0 Å². The van der Waals surface area contributed by atoms with Crippen LogP contribution in [-0.4, -0.2) is 29.9 Å². The van der Waals surface area contributed by atoms with Crippen molar-refractivity contribution < 1.29 is 23.9 Å². The minimum atomic E-state index is -1.15. The Balaban J connectivity index is 2.11. The number of hydrogen-bond acceptors (Lipinski definition) is 5. The maximum Gasteiger partial charge on any atom is 0.321 e. The Morgan fingerprint density at radius 1 is 1.03 bits per heavy atom. The first-order valence-electron chi connectivity index (χ1n) is 10.4. The smallest absolute Gasteiger partial charge is 0.321 e. The number of ether oxygens (including phenoxy) is 2. The van der Waals surface area contributed by atoms with Crippen molar-refractivity contribution in [3.05, 3.63) is 71.3 Å². The molecule has 5 nitrogen and oxygen atoms in total. The van der Waals surface area contributed by atoms with Crippen molar-refractivity contribution in [3.8, 4) is 0 Å². The first-order chi connectivity index (χ1) is 14.3. The van der Waals surface area contributed by atoms with Crippen molar-refractivity contribution in [3.63, 3.8) is 0 Å². The molecule has 1 aliphatic rings. The highest BCUT2D eigenvalue weighted by Crippen LogP contribution is 2.47. The van der Waals surface area contributed by atoms with Crippen LogP contribution in [0.4, 0.5) is 0 Å². The number of hydrogen-bond donors (Lipinski definition) is 0. The third-order valence-electron chi connectivity index (χ3n) is 5.77. The second-order valence-electron chi connectivity index (χ2n) is 8.08. The zero-order valence-corrected chi connectivity index (χ0v) is 17.9. The molecule has 0 aliphatic carbocycles. The van der Waals surface area contributed by atoms with Gasteiger partial charge in [0.1, 0.15) is 5.60 Å². The number of ketones is 1. The van der Waals surface area contributed by atoms with Crippen molar-refractivity contribution in [2.24, 2.45) is 11.8 Å². The Morgan fingerprint density at radius 3 is 2.23 bits per heavy atom. The summed E-state index contributed by atoms with van der Waals surface area (Å²) in [5, 5.41) is 0. The molecule has 2 aromatic rings. The van der Waals surface area contributed by atoms with Crippen molar-refractivity contribution in [2.75, 3.05) is 6.61 Å². The highest BCUT2D eigenvalue weighted by Gasteiger charge is 2.58. The number of carbonyl (C=O) groups excluding carboxylic acids is 3. The van der Waals surface area contributed by atoms with Crippen LogP contribution in [0.15, 0.2) is 54.6 Å². The molecule has 5 heteroatoms. The van der Waals surface area contributed by atoms with Crippen LogP contribution in [0.5, 0.6) is 0 Å². The molecule has 0 saturated carbocycles. The average Bonchev–Trinajstić information content (AvgIpc) is 2.97. The van der Waals surface area contributed by atoms with Crippen LogP contribution in [0.3, 0.4) is 0 Å². The number of benzene rings is 2. The number of carbonyl (C=O) groups is 3. The number of esters is 2. The van der Waals surface area contributed by atoms with E-state index in [4.69, 9.17) is 9.47 Å².